The SMILES string of the molecule is Cc1cccc(C(C(=O)NC2CCCCC2)N(C(=O)CNC(=O)OC(C)(C)C)C2CCC2)c1C. The van der Waals surface area contributed by atoms with Gasteiger partial charge in [0.2, 0.25) is 11.8 Å². The van der Waals surface area contributed by atoms with Crippen LogP contribution in [-0.4, -0.2) is 47.0 Å². The molecule has 2 fully saturated rings. The number of alkyl carbamates (subject to hydrolysis) is 1. The van der Waals surface area contributed by atoms with Crippen molar-refractivity contribution in [3.05, 3.63) is 34.9 Å². The van der Waals surface area contributed by atoms with E-state index in [9.17, 15) is 14.4 Å². The van der Waals surface area contributed by atoms with E-state index >= 15 is 0 Å². The second-order valence-electron chi connectivity index (χ2n) is 10.8. The molecule has 0 radical (unpaired) electrons. The highest BCUT2D eigenvalue weighted by Gasteiger charge is 2.40. The van der Waals surface area contributed by atoms with Crippen LogP contribution < -0.4 is 10.6 Å². The fourth-order valence-corrected chi connectivity index (χ4v) is 4.79. The molecular formula is C27H41N3O4. The summed E-state index contributed by atoms with van der Waals surface area (Å²) in [6.45, 7) is 9.16. The number of carbonyl (C=O) groups is 3. The molecule has 2 saturated carbocycles. The topological polar surface area (TPSA) is 87.7 Å². The number of ether oxygens (including phenoxy) is 1. The van der Waals surface area contributed by atoms with Crippen molar-refractivity contribution >= 4 is 17.9 Å². The first-order valence-corrected chi connectivity index (χ1v) is 12.7. The number of rotatable bonds is 7. The Kier molecular flexibility index (Phi) is 8.61. The van der Waals surface area contributed by atoms with E-state index in [1.54, 1.807) is 25.7 Å². The van der Waals surface area contributed by atoms with Crippen LogP contribution in [0.1, 0.15) is 94.9 Å². The molecule has 188 valence electrons. The molecule has 1 aromatic carbocycles. The summed E-state index contributed by atoms with van der Waals surface area (Å²) in [7, 11) is 0. The molecule has 2 aliphatic rings. The molecule has 34 heavy (non-hydrogen) atoms. The van der Waals surface area contributed by atoms with Crippen LogP contribution in [0.5, 0.6) is 0 Å². The van der Waals surface area contributed by atoms with E-state index in [4.69, 9.17) is 4.74 Å². The summed E-state index contributed by atoms with van der Waals surface area (Å²) in [5, 5.41) is 5.84. The van der Waals surface area contributed by atoms with E-state index in [2.05, 4.69) is 10.6 Å². The van der Waals surface area contributed by atoms with Crippen molar-refractivity contribution in [2.45, 2.75) is 110 Å². The number of nitrogens with zero attached hydrogens (tertiary/aromatic N) is 1. The Bertz CT molecular complexity index is 882. The predicted octanol–water partition coefficient (Wildman–Crippen LogP) is 4.70. The van der Waals surface area contributed by atoms with Gasteiger partial charge in [-0.2, -0.15) is 0 Å². The molecule has 0 aromatic heterocycles. The summed E-state index contributed by atoms with van der Waals surface area (Å²) in [6, 6.07) is 5.32. The lowest BCUT2D eigenvalue weighted by atomic mass is 9.87. The Morgan fingerprint density at radius 2 is 1.71 bits per heavy atom. The van der Waals surface area contributed by atoms with Gasteiger partial charge in [-0.1, -0.05) is 37.5 Å². The quantitative estimate of drug-likeness (QED) is 0.603. The van der Waals surface area contributed by atoms with Crippen LogP contribution in [0.2, 0.25) is 0 Å². The minimum Gasteiger partial charge on any atom is -0.444 e. The number of hydrogen-bond acceptors (Lipinski definition) is 4. The van der Waals surface area contributed by atoms with Crippen LogP contribution in [0.25, 0.3) is 0 Å². The largest absolute Gasteiger partial charge is 0.444 e. The normalized spacial score (nSPS) is 17.9. The van der Waals surface area contributed by atoms with E-state index in [1.807, 2.05) is 32.0 Å². The molecule has 0 bridgehead atoms. The van der Waals surface area contributed by atoms with Crippen molar-refractivity contribution in [3.63, 3.8) is 0 Å². The van der Waals surface area contributed by atoms with Gasteiger partial charge < -0.3 is 20.3 Å². The van der Waals surface area contributed by atoms with Crippen LogP contribution in [0.3, 0.4) is 0 Å². The number of benzene rings is 1. The Morgan fingerprint density at radius 3 is 2.29 bits per heavy atom. The molecule has 1 aromatic rings. The number of amides is 3. The molecule has 1 unspecified atom stereocenters. The van der Waals surface area contributed by atoms with Gasteiger partial charge >= 0.3 is 6.09 Å². The summed E-state index contributed by atoms with van der Waals surface area (Å²) >= 11 is 0. The highest BCUT2D eigenvalue weighted by Crippen LogP contribution is 2.35. The summed E-state index contributed by atoms with van der Waals surface area (Å²) in [5.41, 5.74) is 2.30. The molecule has 2 aliphatic carbocycles. The summed E-state index contributed by atoms with van der Waals surface area (Å²) in [6.07, 6.45) is 7.49. The molecular weight excluding hydrogens is 430 g/mol. The van der Waals surface area contributed by atoms with Gasteiger partial charge in [-0.15, -0.1) is 0 Å². The van der Waals surface area contributed by atoms with Gasteiger partial charge in [0.05, 0.1) is 0 Å². The van der Waals surface area contributed by atoms with Crippen molar-refractivity contribution in [2.24, 2.45) is 0 Å². The maximum absolute atomic E-state index is 13.8. The third kappa shape index (κ3) is 6.73. The van der Waals surface area contributed by atoms with Crippen molar-refractivity contribution in [3.8, 4) is 0 Å². The molecule has 0 aliphatic heterocycles. The van der Waals surface area contributed by atoms with Crippen LogP contribution in [0.4, 0.5) is 4.79 Å². The molecule has 3 rings (SSSR count). The predicted molar refractivity (Wildman–Crippen MR) is 132 cm³/mol. The van der Waals surface area contributed by atoms with Crippen LogP contribution in [0.15, 0.2) is 18.2 Å². The first-order valence-electron chi connectivity index (χ1n) is 12.7. The van der Waals surface area contributed by atoms with Gasteiger partial charge in [-0.3, -0.25) is 9.59 Å². The van der Waals surface area contributed by atoms with Crippen LogP contribution in [0, 0.1) is 13.8 Å². The maximum atomic E-state index is 13.8. The molecule has 0 saturated heterocycles. The molecule has 0 heterocycles. The molecule has 7 heteroatoms. The number of aryl methyl sites for hydroxylation is 1. The second-order valence-corrected chi connectivity index (χ2v) is 10.8. The Labute approximate surface area is 204 Å². The van der Waals surface area contributed by atoms with Gasteiger partial charge in [0.25, 0.3) is 0 Å². The van der Waals surface area contributed by atoms with Crippen molar-refractivity contribution in [1.82, 2.24) is 15.5 Å². The number of hydrogen-bond donors (Lipinski definition) is 2. The average molecular weight is 472 g/mol. The zero-order valence-electron chi connectivity index (χ0n) is 21.4. The van der Waals surface area contributed by atoms with E-state index in [0.29, 0.717) is 0 Å². The smallest absolute Gasteiger partial charge is 0.408 e. The van der Waals surface area contributed by atoms with Crippen molar-refractivity contribution in [2.75, 3.05) is 6.54 Å². The molecule has 7 nitrogen and oxygen atoms in total. The number of carbonyl (C=O) groups excluding carboxylic acids is 3. The van der Waals surface area contributed by atoms with E-state index < -0.39 is 17.7 Å². The molecule has 1 atom stereocenters. The first-order chi connectivity index (χ1) is 16.1. The Balaban J connectivity index is 1.87. The van der Waals surface area contributed by atoms with Gasteiger partial charge in [0.15, 0.2) is 0 Å². The van der Waals surface area contributed by atoms with E-state index in [0.717, 1.165) is 61.6 Å². The lowest BCUT2D eigenvalue weighted by molar-refractivity contribution is -0.145. The Morgan fingerprint density at radius 1 is 1.03 bits per heavy atom. The standard InChI is InChI=1S/C27H41N3O4/c1-18-11-9-16-22(19(18)2)24(25(32)29-20-12-7-6-8-13-20)30(21-14-10-15-21)23(31)17-28-26(33)34-27(3,4)5/h9,11,16,20-21,24H,6-8,10,12-15,17H2,1-5H3,(H,28,33)(H,29,32). The highest BCUT2D eigenvalue weighted by atomic mass is 16.6. The van der Waals surface area contributed by atoms with Gasteiger partial charge in [0.1, 0.15) is 18.2 Å². The van der Waals surface area contributed by atoms with Crippen LogP contribution >= 0.6 is 0 Å². The second kappa shape index (κ2) is 11.2. The fourth-order valence-electron chi connectivity index (χ4n) is 4.79. The molecule has 0 spiro atoms. The monoisotopic (exact) mass is 471 g/mol. The molecule has 3 amide bonds. The minimum atomic E-state index is -0.722. The first kappa shape index (κ1) is 26.0. The fraction of sp³-hybridized carbons (Fsp3) is 0.667. The van der Waals surface area contributed by atoms with Crippen molar-refractivity contribution in [1.29, 1.82) is 0 Å². The van der Waals surface area contributed by atoms with E-state index in [-0.39, 0.29) is 30.4 Å². The van der Waals surface area contributed by atoms with E-state index in [1.165, 1.54) is 6.42 Å². The van der Waals surface area contributed by atoms with Gasteiger partial charge in [-0.05, 0) is 83.4 Å². The third-order valence-corrected chi connectivity index (χ3v) is 6.96. The average Bonchev–Trinajstić information content (AvgIpc) is 2.72. The maximum Gasteiger partial charge on any atom is 0.408 e. The lowest BCUT2D eigenvalue weighted by Gasteiger charge is -2.43. The van der Waals surface area contributed by atoms with Gasteiger partial charge in [0, 0.05) is 12.1 Å². The Hall–Kier alpha value is -2.57. The van der Waals surface area contributed by atoms with Crippen LogP contribution in [-0.2, 0) is 14.3 Å². The zero-order valence-corrected chi connectivity index (χ0v) is 21.4. The third-order valence-electron chi connectivity index (χ3n) is 6.96. The summed E-state index contributed by atoms with van der Waals surface area (Å²) in [4.78, 5) is 41.2. The summed E-state index contributed by atoms with van der Waals surface area (Å²) < 4.78 is 5.30. The zero-order chi connectivity index (χ0) is 24.9. The van der Waals surface area contributed by atoms with Crippen molar-refractivity contribution < 1.29 is 19.1 Å². The highest BCUT2D eigenvalue weighted by molar-refractivity contribution is 5.91. The lowest BCUT2D eigenvalue weighted by Crippen LogP contribution is -2.55. The van der Waals surface area contributed by atoms with Gasteiger partial charge in [-0.25, -0.2) is 4.79 Å². The molecule has 2 N–H and O–H groups in total. The summed E-state index contributed by atoms with van der Waals surface area (Å²) in [5.74, 6) is -0.390. The number of nitrogens with one attached hydrogen (secondary N) is 2. The minimum absolute atomic E-state index is 0.0186.